The molecule has 2 heterocycles. The normalized spacial score (nSPS) is 11.0. The molecule has 0 aliphatic heterocycles. The number of fused-ring (bicyclic) bond motifs is 1. The second-order valence-electron chi connectivity index (χ2n) is 3.18. The molecule has 2 aromatic rings. The summed E-state index contributed by atoms with van der Waals surface area (Å²) in [5, 5.41) is 0. The molecular weight excluding hydrogens is 194 g/mol. The first-order valence-corrected chi connectivity index (χ1v) is 5.52. The van der Waals surface area contributed by atoms with Crippen LogP contribution in [0, 0.1) is 0 Å². The second-order valence-corrected chi connectivity index (χ2v) is 4.32. The predicted octanol–water partition coefficient (Wildman–Crippen LogP) is 3.01. The van der Waals surface area contributed by atoms with Crippen molar-refractivity contribution in [3.05, 3.63) is 28.8 Å². The number of hydrogen-bond donors (Lipinski definition) is 0. The van der Waals surface area contributed by atoms with E-state index >= 15 is 0 Å². The van der Waals surface area contributed by atoms with Crippen LogP contribution in [0.1, 0.15) is 17.4 Å². The van der Waals surface area contributed by atoms with Gasteiger partial charge in [0.05, 0.1) is 16.8 Å². The maximum absolute atomic E-state index is 5.11. The molecule has 0 radical (unpaired) electrons. The van der Waals surface area contributed by atoms with Crippen LogP contribution in [-0.4, -0.2) is 12.1 Å². The number of aryl methyl sites for hydroxylation is 1. The highest BCUT2D eigenvalue weighted by atomic mass is 32.1. The topological polar surface area (TPSA) is 22.1 Å². The first-order valence-electron chi connectivity index (χ1n) is 4.70. The van der Waals surface area contributed by atoms with E-state index in [2.05, 4.69) is 24.0 Å². The van der Waals surface area contributed by atoms with E-state index in [0.717, 1.165) is 11.9 Å². The van der Waals surface area contributed by atoms with Crippen LogP contribution in [0.25, 0.3) is 10.2 Å². The maximum atomic E-state index is 5.11. The fraction of sp³-hybridized carbons (Fsp3) is 0.364. The van der Waals surface area contributed by atoms with Crippen molar-refractivity contribution in [3.8, 4) is 0 Å². The summed E-state index contributed by atoms with van der Waals surface area (Å²) in [6.45, 7) is 2.86. The lowest BCUT2D eigenvalue weighted by Gasteiger charge is -1.95. The van der Waals surface area contributed by atoms with Crippen molar-refractivity contribution in [3.63, 3.8) is 0 Å². The molecule has 0 aliphatic carbocycles. The van der Waals surface area contributed by atoms with Gasteiger partial charge in [0, 0.05) is 18.2 Å². The van der Waals surface area contributed by atoms with Crippen LogP contribution < -0.4 is 0 Å². The number of thiophene rings is 1. The highest BCUT2D eigenvalue weighted by Crippen LogP contribution is 2.27. The van der Waals surface area contributed by atoms with E-state index in [1.165, 1.54) is 15.1 Å². The summed E-state index contributed by atoms with van der Waals surface area (Å²) >= 11 is 1.79. The molecule has 0 amide bonds. The van der Waals surface area contributed by atoms with E-state index in [9.17, 15) is 0 Å². The van der Waals surface area contributed by atoms with Gasteiger partial charge in [0.2, 0.25) is 0 Å². The number of pyridine rings is 1. The third-order valence-corrected chi connectivity index (χ3v) is 3.39. The quantitative estimate of drug-likeness (QED) is 0.772. The van der Waals surface area contributed by atoms with E-state index in [1.54, 1.807) is 18.4 Å². The van der Waals surface area contributed by atoms with E-state index in [-0.39, 0.29) is 0 Å². The van der Waals surface area contributed by atoms with Crippen LogP contribution in [-0.2, 0) is 17.8 Å². The molecule has 0 spiro atoms. The summed E-state index contributed by atoms with van der Waals surface area (Å²) < 4.78 is 6.42. The van der Waals surface area contributed by atoms with Crippen molar-refractivity contribution < 1.29 is 4.74 Å². The summed E-state index contributed by atoms with van der Waals surface area (Å²) in [5.41, 5.74) is 2.48. The Bertz CT molecular complexity index is 436. The van der Waals surface area contributed by atoms with Gasteiger partial charge in [-0.1, -0.05) is 6.92 Å². The van der Waals surface area contributed by atoms with Crippen LogP contribution in [0.3, 0.4) is 0 Å². The van der Waals surface area contributed by atoms with Crippen molar-refractivity contribution in [1.82, 2.24) is 4.98 Å². The Balaban J connectivity index is 2.52. The third-order valence-electron chi connectivity index (χ3n) is 2.21. The van der Waals surface area contributed by atoms with Gasteiger partial charge in [-0.25, -0.2) is 0 Å². The summed E-state index contributed by atoms with van der Waals surface area (Å²) in [6, 6.07) is 4.21. The minimum Gasteiger partial charge on any atom is -0.379 e. The number of nitrogens with zero attached hydrogens (tertiary/aromatic N) is 1. The summed E-state index contributed by atoms with van der Waals surface area (Å²) in [6.07, 6.45) is 2.94. The standard InChI is InChI=1S/C11H13NOS/c1-3-8-4-5-12-10-6-9(7-13-2)14-11(8)10/h4-6H,3,7H2,1-2H3. The van der Waals surface area contributed by atoms with Crippen molar-refractivity contribution in [2.45, 2.75) is 20.0 Å². The van der Waals surface area contributed by atoms with Gasteiger partial charge in [0.1, 0.15) is 0 Å². The second kappa shape index (κ2) is 4.07. The molecule has 0 unspecified atom stereocenters. The average Bonchev–Trinajstić information content (AvgIpc) is 2.60. The molecular formula is C11H13NOS. The molecule has 0 bridgehead atoms. The fourth-order valence-electron chi connectivity index (χ4n) is 1.53. The van der Waals surface area contributed by atoms with Gasteiger partial charge >= 0.3 is 0 Å². The smallest absolute Gasteiger partial charge is 0.0816 e. The van der Waals surface area contributed by atoms with Crippen LogP contribution in [0.4, 0.5) is 0 Å². The van der Waals surface area contributed by atoms with Crippen LogP contribution >= 0.6 is 11.3 Å². The predicted molar refractivity (Wildman–Crippen MR) is 59.7 cm³/mol. The van der Waals surface area contributed by atoms with Crippen molar-refractivity contribution in [2.75, 3.05) is 7.11 Å². The van der Waals surface area contributed by atoms with Gasteiger partial charge < -0.3 is 4.74 Å². The highest BCUT2D eigenvalue weighted by Gasteiger charge is 2.05. The molecule has 2 rings (SSSR count). The fourth-order valence-corrected chi connectivity index (χ4v) is 2.70. The molecule has 0 atom stereocenters. The molecule has 3 heteroatoms. The Labute approximate surface area is 87.5 Å². The van der Waals surface area contributed by atoms with Gasteiger partial charge in [-0.15, -0.1) is 11.3 Å². The zero-order chi connectivity index (χ0) is 9.97. The SMILES string of the molecule is CCc1ccnc2cc(COC)sc12. The Kier molecular flexibility index (Phi) is 2.79. The number of hydrogen-bond acceptors (Lipinski definition) is 3. The Morgan fingerprint density at radius 3 is 3.07 bits per heavy atom. The van der Waals surface area contributed by atoms with E-state index < -0.39 is 0 Å². The van der Waals surface area contributed by atoms with Crippen molar-refractivity contribution in [2.24, 2.45) is 0 Å². The van der Waals surface area contributed by atoms with Gasteiger partial charge in [-0.2, -0.15) is 0 Å². The third kappa shape index (κ3) is 1.65. The molecule has 0 aliphatic rings. The van der Waals surface area contributed by atoms with Crippen molar-refractivity contribution >= 4 is 21.6 Å². The molecule has 0 aromatic carbocycles. The highest BCUT2D eigenvalue weighted by molar-refractivity contribution is 7.19. The first kappa shape index (κ1) is 9.62. The summed E-state index contributed by atoms with van der Waals surface area (Å²) in [5.74, 6) is 0. The monoisotopic (exact) mass is 207 g/mol. The minimum atomic E-state index is 0.685. The van der Waals surface area contributed by atoms with Crippen LogP contribution in [0.5, 0.6) is 0 Å². The van der Waals surface area contributed by atoms with Gasteiger partial charge in [0.25, 0.3) is 0 Å². The molecule has 0 fully saturated rings. The molecule has 0 saturated carbocycles. The Morgan fingerprint density at radius 1 is 1.50 bits per heavy atom. The lowest BCUT2D eigenvalue weighted by molar-refractivity contribution is 0.187. The van der Waals surface area contributed by atoms with E-state index in [1.807, 2.05) is 6.20 Å². The van der Waals surface area contributed by atoms with Crippen molar-refractivity contribution in [1.29, 1.82) is 0 Å². The molecule has 0 saturated heterocycles. The largest absolute Gasteiger partial charge is 0.379 e. The van der Waals surface area contributed by atoms with Gasteiger partial charge in [-0.3, -0.25) is 4.98 Å². The molecule has 2 aromatic heterocycles. The Morgan fingerprint density at radius 2 is 2.36 bits per heavy atom. The maximum Gasteiger partial charge on any atom is 0.0816 e. The van der Waals surface area contributed by atoms with Crippen LogP contribution in [0.15, 0.2) is 18.3 Å². The molecule has 2 nitrogen and oxygen atoms in total. The summed E-state index contributed by atoms with van der Waals surface area (Å²) in [7, 11) is 1.72. The number of ether oxygens (including phenoxy) is 1. The Hall–Kier alpha value is -0.930. The lowest BCUT2D eigenvalue weighted by Crippen LogP contribution is -1.80. The minimum absolute atomic E-state index is 0.685. The zero-order valence-corrected chi connectivity index (χ0v) is 9.23. The molecule has 74 valence electrons. The summed E-state index contributed by atoms with van der Waals surface area (Å²) in [4.78, 5) is 5.59. The first-order chi connectivity index (χ1) is 6.85. The van der Waals surface area contributed by atoms with Gasteiger partial charge in [-0.05, 0) is 24.1 Å². The van der Waals surface area contributed by atoms with E-state index in [0.29, 0.717) is 6.61 Å². The number of rotatable bonds is 3. The van der Waals surface area contributed by atoms with Gasteiger partial charge in [0.15, 0.2) is 0 Å². The molecule has 14 heavy (non-hydrogen) atoms. The number of aromatic nitrogens is 1. The molecule has 0 N–H and O–H groups in total. The van der Waals surface area contributed by atoms with E-state index in [4.69, 9.17) is 4.74 Å². The zero-order valence-electron chi connectivity index (χ0n) is 8.41. The average molecular weight is 207 g/mol. The lowest BCUT2D eigenvalue weighted by atomic mass is 10.2. The van der Waals surface area contributed by atoms with Crippen LogP contribution in [0.2, 0.25) is 0 Å². The number of methoxy groups -OCH3 is 1.